The summed E-state index contributed by atoms with van der Waals surface area (Å²) in [6.07, 6.45) is 84.7. The summed E-state index contributed by atoms with van der Waals surface area (Å²) in [5, 5.41) is 10.6. The summed E-state index contributed by atoms with van der Waals surface area (Å²) in [6.45, 7) is 4.69. The molecule has 0 radical (unpaired) electrons. The van der Waals surface area contributed by atoms with Gasteiger partial charge in [0.15, 0.2) is 12.2 Å². The standard InChI is InChI=1S/C85H146O17P2/c1-5-9-13-17-21-25-29-33-37-38-39-40-44-48-52-56-60-64-68-72-85(90)102-81(76-96-83(88)70-66-62-58-54-50-46-42-35-31-27-23-19-15-11-7-3)78-100-104(93,94)98-74-79(86)73-97-103(91,92)99-77-80(101-84(89)71-67-63-59-55-51-47-43-36-32-28-24-20-16-12-8-4)75-95-82(87)69-65-61-57-53-49-45-41-34-30-26-22-18-14-10-6-2/h21-23,25-27,33-37,39-43,48,52,60,64,79-81,86H,5-20,24,28-32,38,44-47,49-51,53-59,61-63,65-78H2,1-4H3,(H,91,92)(H,93,94)/b25-21-,26-22-,27-23-,37-33-,40-39-,41-34-,42-35-,43-36-,52-48-,64-60-/t79-,80+,81+/m0/s1. The zero-order valence-corrected chi connectivity index (χ0v) is 67.2. The number of phosphoric ester groups is 2. The molecule has 0 bridgehead atoms. The molecule has 0 aliphatic rings. The Bertz CT molecular complexity index is 2440. The van der Waals surface area contributed by atoms with Crippen molar-refractivity contribution < 1.29 is 80.2 Å². The molecule has 0 rings (SSSR count). The Morgan fingerprint density at radius 1 is 0.269 bits per heavy atom. The lowest BCUT2D eigenvalue weighted by Gasteiger charge is -2.21. The van der Waals surface area contributed by atoms with E-state index in [-0.39, 0.29) is 25.7 Å². The molecule has 0 amide bonds. The number of aliphatic hydroxyl groups is 1. The Kier molecular flexibility index (Phi) is 73.3. The summed E-state index contributed by atoms with van der Waals surface area (Å²) in [4.78, 5) is 73.0. The van der Waals surface area contributed by atoms with Gasteiger partial charge in [0.1, 0.15) is 19.3 Å². The number of unbranched alkanes of at least 4 members (excludes halogenated alkanes) is 30. The van der Waals surface area contributed by atoms with E-state index in [9.17, 15) is 43.2 Å². The minimum Gasteiger partial charge on any atom is -0.462 e. The van der Waals surface area contributed by atoms with Gasteiger partial charge in [-0.25, -0.2) is 9.13 Å². The Labute approximate surface area is 632 Å². The van der Waals surface area contributed by atoms with Gasteiger partial charge in [0, 0.05) is 25.7 Å². The fourth-order valence-corrected chi connectivity index (χ4v) is 12.2. The molecule has 5 atom stereocenters. The van der Waals surface area contributed by atoms with E-state index in [1.165, 1.54) is 96.3 Å². The Morgan fingerprint density at radius 3 is 0.808 bits per heavy atom. The molecule has 0 fully saturated rings. The zero-order valence-electron chi connectivity index (χ0n) is 65.4. The molecule has 0 spiro atoms. The summed E-state index contributed by atoms with van der Waals surface area (Å²) >= 11 is 0. The molecule has 0 aliphatic heterocycles. The van der Waals surface area contributed by atoms with Crippen LogP contribution in [0.1, 0.15) is 336 Å². The van der Waals surface area contributed by atoms with Gasteiger partial charge in [0.2, 0.25) is 0 Å². The van der Waals surface area contributed by atoms with Gasteiger partial charge in [0.25, 0.3) is 0 Å². The molecule has 0 aliphatic carbocycles. The molecule has 0 aromatic carbocycles. The summed E-state index contributed by atoms with van der Waals surface area (Å²) in [5.74, 6) is -2.30. The molecule has 0 aromatic rings. The van der Waals surface area contributed by atoms with Gasteiger partial charge in [-0.1, -0.05) is 278 Å². The van der Waals surface area contributed by atoms with Gasteiger partial charge in [-0.05, 0) is 154 Å². The van der Waals surface area contributed by atoms with Crippen molar-refractivity contribution in [1.29, 1.82) is 0 Å². The van der Waals surface area contributed by atoms with E-state index in [0.717, 1.165) is 154 Å². The van der Waals surface area contributed by atoms with E-state index in [0.29, 0.717) is 32.1 Å². The molecule has 598 valence electrons. The van der Waals surface area contributed by atoms with Gasteiger partial charge in [0.05, 0.1) is 26.4 Å². The molecule has 0 saturated heterocycles. The van der Waals surface area contributed by atoms with Gasteiger partial charge >= 0.3 is 39.5 Å². The summed E-state index contributed by atoms with van der Waals surface area (Å²) < 4.78 is 68.5. The third-order valence-corrected chi connectivity index (χ3v) is 18.8. The van der Waals surface area contributed by atoms with Gasteiger partial charge in [-0.3, -0.25) is 37.3 Å². The minimum atomic E-state index is -5.00. The average Bonchev–Trinajstić information content (AvgIpc) is 0.943. The van der Waals surface area contributed by atoms with Crippen molar-refractivity contribution in [3.05, 3.63) is 122 Å². The lowest BCUT2D eigenvalue weighted by Crippen LogP contribution is -2.30. The van der Waals surface area contributed by atoms with E-state index in [1.54, 1.807) is 0 Å². The summed E-state index contributed by atoms with van der Waals surface area (Å²) in [6, 6.07) is 0. The first-order chi connectivity index (χ1) is 50.7. The molecule has 2 unspecified atom stereocenters. The third kappa shape index (κ3) is 75.7. The molecule has 19 heteroatoms. The van der Waals surface area contributed by atoms with Crippen LogP contribution in [0.25, 0.3) is 0 Å². The highest BCUT2D eigenvalue weighted by molar-refractivity contribution is 7.47. The number of hydrogen-bond donors (Lipinski definition) is 3. The van der Waals surface area contributed by atoms with Crippen molar-refractivity contribution in [1.82, 2.24) is 0 Å². The second kappa shape index (κ2) is 76.6. The van der Waals surface area contributed by atoms with Gasteiger partial charge in [-0.15, -0.1) is 0 Å². The first-order valence-electron chi connectivity index (χ1n) is 40.8. The third-order valence-electron chi connectivity index (χ3n) is 16.9. The van der Waals surface area contributed by atoms with Crippen LogP contribution in [0.4, 0.5) is 0 Å². The van der Waals surface area contributed by atoms with Crippen LogP contribution in [-0.2, 0) is 65.4 Å². The zero-order chi connectivity index (χ0) is 76.0. The second-order valence-corrected chi connectivity index (χ2v) is 29.9. The molecule has 3 N–H and O–H groups in total. The smallest absolute Gasteiger partial charge is 0.462 e. The average molecular weight is 1500 g/mol. The van der Waals surface area contributed by atoms with E-state index < -0.39 is 97.5 Å². The maximum absolute atomic E-state index is 13.1. The highest BCUT2D eigenvalue weighted by Gasteiger charge is 2.30. The largest absolute Gasteiger partial charge is 0.472 e. The maximum Gasteiger partial charge on any atom is 0.472 e. The minimum absolute atomic E-state index is 0.0337. The topological polar surface area (TPSA) is 237 Å². The van der Waals surface area contributed by atoms with Crippen molar-refractivity contribution in [2.24, 2.45) is 0 Å². The quantitative estimate of drug-likeness (QED) is 0.0169. The van der Waals surface area contributed by atoms with Crippen molar-refractivity contribution in [3.63, 3.8) is 0 Å². The molecule has 17 nitrogen and oxygen atoms in total. The number of esters is 4. The molecule has 0 heterocycles. The van der Waals surface area contributed by atoms with E-state index in [4.69, 9.17) is 37.0 Å². The lowest BCUT2D eigenvalue weighted by molar-refractivity contribution is -0.161. The Balaban J connectivity index is 5.46. The van der Waals surface area contributed by atoms with E-state index >= 15 is 0 Å². The maximum atomic E-state index is 13.1. The van der Waals surface area contributed by atoms with Crippen LogP contribution in [0.3, 0.4) is 0 Å². The number of hydrogen-bond acceptors (Lipinski definition) is 15. The fourth-order valence-electron chi connectivity index (χ4n) is 10.6. The molecule has 0 saturated carbocycles. The molecule has 104 heavy (non-hydrogen) atoms. The van der Waals surface area contributed by atoms with Crippen molar-refractivity contribution in [3.8, 4) is 0 Å². The normalized spacial score (nSPS) is 14.5. The highest BCUT2D eigenvalue weighted by Crippen LogP contribution is 2.45. The van der Waals surface area contributed by atoms with Crippen LogP contribution in [0.2, 0.25) is 0 Å². The first-order valence-corrected chi connectivity index (χ1v) is 43.8. The van der Waals surface area contributed by atoms with Crippen molar-refractivity contribution in [2.75, 3.05) is 39.6 Å². The SMILES string of the molecule is CCCCC/C=C\C/C=C\C/C=C\C/C=C\C/C=C\CCC(=O)O[C@H](COC(=O)CCCCCCC/C=C\C/C=C\CCCCC)COP(=O)(O)OC[C@@H](O)COP(=O)(O)OC[C@@H](COC(=O)CCCCCCC/C=C\C/C=C\CCCCC)OC(=O)CCCCCCC/C=C\CCCCCCCC. The number of carbonyl (C=O) groups is 4. The predicted octanol–water partition coefficient (Wildman–Crippen LogP) is 23.9. The first kappa shape index (κ1) is 99.5. The summed E-state index contributed by atoms with van der Waals surface area (Å²) in [5.41, 5.74) is 0. The van der Waals surface area contributed by atoms with Crippen LogP contribution in [0.5, 0.6) is 0 Å². The van der Waals surface area contributed by atoms with Crippen LogP contribution in [0.15, 0.2) is 122 Å². The molecule has 0 aromatic heterocycles. The van der Waals surface area contributed by atoms with Crippen LogP contribution < -0.4 is 0 Å². The van der Waals surface area contributed by atoms with E-state index in [1.807, 2.05) is 18.2 Å². The summed E-state index contributed by atoms with van der Waals surface area (Å²) in [7, 11) is -9.99. The van der Waals surface area contributed by atoms with Gasteiger partial charge < -0.3 is 33.8 Å². The number of allylic oxidation sites excluding steroid dienone is 20. The molecular weight excluding hydrogens is 1350 g/mol. The highest BCUT2D eigenvalue weighted by atomic mass is 31.2. The fraction of sp³-hybridized carbons (Fsp3) is 0.718. The lowest BCUT2D eigenvalue weighted by atomic mass is 10.1. The number of ether oxygens (including phenoxy) is 4. The Morgan fingerprint density at radius 2 is 0.490 bits per heavy atom. The van der Waals surface area contributed by atoms with Crippen LogP contribution in [-0.4, -0.2) is 96.7 Å². The van der Waals surface area contributed by atoms with Crippen LogP contribution >= 0.6 is 15.6 Å². The van der Waals surface area contributed by atoms with Gasteiger partial charge in [-0.2, -0.15) is 0 Å². The monoisotopic (exact) mass is 1500 g/mol. The van der Waals surface area contributed by atoms with E-state index in [2.05, 4.69) is 131 Å². The number of aliphatic hydroxyl groups excluding tert-OH is 1. The van der Waals surface area contributed by atoms with Crippen molar-refractivity contribution in [2.45, 2.75) is 354 Å². The van der Waals surface area contributed by atoms with Crippen LogP contribution in [0, 0.1) is 0 Å². The van der Waals surface area contributed by atoms with Crippen molar-refractivity contribution >= 4 is 39.5 Å². The Hall–Kier alpha value is -4.54. The second-order valence-electron chi connectivity index (χ2n) is 27.0. The molecular formula is C85H146O17P2. The number of carbonyl (C=O) groups excluding carboxylic acids is 4. The predicted molar refractivity (Wildman–Crippen MR) is 427 cm³/mol. The number of phosphoric acid groups is 2. The number of rotatable bonds is 76.